The van der Waals surface area contributed by atoms with Crippen LogP contribution in [0, 0.1) is 0 Å². The smallest absolute Gasteiger partial charge is 0.254 e. The van der Waals surface area contributed by atoms with E-state index >= 15 is 0 Å². The lowest BCUT2D eigenvalue weighted by molar-refractivity contribution is -0.127. The largest absolute Gasteiger partial charge is 0.392 e. The van der Waals surface area contributed by atoms with Gasteiger partial charge in [-0.3, -0.25) is 14.7 Å². The number of nitrogens with one attached hydrogen (secondary N) is 1. The molecule has 0 saturated carbocycles. The number of nitrogens with zero attached hydrogens (tertiary/aromatic N) is 2. The van der Waals surface area contributed by atoms with Crippen LogP contribution in [0.25, 0.3) is 5.57 Å². The van der Waals surface area contributed by atoms with Gasteiger partial charge in [-0.2, -0.15) is 11.3 Å². The summed E-state index contributed by atoms with van der Waals surface area (Å²) in [7, 11) is 1.81. The van der Waals surface area contributed by atoms with E-state index in [4.69, 9.17) is 0 Å². The van der Waals surface area contributed by atoms with E-state index in [1.807, 2.05) is 31.5 Å². The first kappa shape index (κ1) is 21.0. The lowest BCUT2D eigenvalue weighted by atomic mass is 9.80. The van der Waals surface area contributed by atoms with E-state index < -0.39 is 11.6 Å². The third-order valence-corrected chi connectivity index (χ3v) is 6.97. The molecular weight excluding hydrogens is 394 g/mol. The number of hydrogen-bond acceptors (Lipinski definition) is 5. The molecule has 1 aromatic heterocycles. The molecule has 30 heavy (non-hydrogen) atoms. The number of amides is 1. The number of anilines is 1. The minimum atomic E-state index is -0.920. The first-order valence-electron chi connectivity index (χ1n) is 10.4. The van der Waals surface area contributed by atoms with Gasteiger partial charge in [-0.15, -0.1) is 0 Å². The Kier molecular flexibility index (Phi) is 5.66. The van der Waals surface area contributed by atoms with E-state index in [1.165, 1.54) is 5.57 Å². The van der Waals surface area contributed by atoms with Gasteiger partial charge in [0.2, 0.25) is 0 Å². The molecule has 2 N–H and O–H groups in total. The fourth-order valence-corrected chi connectivity index (χ4v) is 5.63. The van der Waals surface area contributed by atoms with Crippen molar-refractivity contribution in [3.63, 3.8) is 0 Å². The number of aliphatic imine (C=N–C) groups is 1. The second-order valence-electron chi connectivity index (χ2n) is 8.36. The van der Waals surface area contributed by atoms with Crippen LogP contribution in [-0.2, 0) is 10.3 Å². The summed E-state index contributed by atoms with van der Waals surface area (Å²) in [4.78, 5) is 20.2. The highest BCUT2D eigenvalue weighted by Crippen LogP contribution is 2.48. The first-order chi connectivity index (χ1) is 14.4. The van der Waals surface area contributed by atoms with E-state index in [9.17, 15) is 9.90 Å². The molecule has 0 spiro atoms. The van der Waals surface area contributed by atoms with Crippen molar-refractivity contribution in [3.8, 4) is 0 Å². The predicted octanol–water partition coefficient (Wildman–Crippen LogP) is 4.28. The Labute approximate surface area is 182 Å². The van der Waals surface area contributed by atoms with Gasteiger partial charge in [-0.05, 0) is 73.7 Å². The summed E-state index contributed by atoms with van der Waals surface area (Å²) < 4.78 is 0. The Morgan fingerprint density at radius 1 is 1.30 bits per heavy atom. The molecule has 6 heteroatoms. The molecule has 2 aliphatic rings. The lowest BCUT2D eigenvalue weighted by Crippen LogP contribution is -2.56. The van der Waals surface area contributed by atoms with Crippen molar-refractivity contribution in [2.45, 2.75) is 45.3 Å². The van der Waals surface area contributed by atoms with Crippen LogP contribution in [0.1, 0.15) is 50.3 Å². The number of benzene rings is 1. The molecule has 1 saturated heterocycles. The zero-order valence-electron chi connectivity index (χ0n) is 18.0. The molecule has 2 aromatic rings. The maximum absolute atomic E-state index is 13.6. The summed E-state index contributed by atoms with van der Waals surface area (Å²) in [6, 6.07) is 8.24. The molecule has 5 nitrogen and oxygen atoms in total. The average molecular weight is 424 g/mol. The van der Waals surface area contributed by atoms with E-state index in [2.05, 4.69) is 46.6 Å². The molecule has 2 unspecified atom stereocenters. The Hall–Kier alpha value is -2.28. The van der Waals surface area contributed by atoms with Crippen LogP contribution in [-0.4, -0.2) is 47.9 Å². The third kappa shape index (κ3) is 3.23. The molecular formula is C24H29N3O2S. The van der Waals surface area contributed by atoms with E-state index in [0.717, 1.165) is 53.0 Å². The minimum absolute atomic E-state index is 0.0400. The van der Waals surface area contributed by atoms with Gasteiger partial charge in [0.25, 0.3) is 5.91 Å². The van der Waals surface area contributed by atoms with Crippen molar-refractivity contribution in [2.75, 3.05) is 25.5 Å². The van der Waals surface area contributed by atoms with Crippen molar-refractivity contribution in [1.82, 2.24) is 4.90 Å². The molecule has 1 fully saturated rings. The maximum atomic E-state index is 13.6. The number of fused-ring (bicyclic) bond motifs is 1. The first-order valence-corrected chi connectivity index (χ1v) is 11.4. The summed E-state index contributed by atoms with van der Waals surface area (Å²) in [6.45, 7) is 7.46. The maximum Gasteiger partial charge on any atom is 0.254 e. The van der Waals surface area contributed by atoms with Crippen LogP contribution in [0.4, 0.5) is 5.69 Å². The fraction of sp³-hybridized carbons (Fsp3) is 0.417. The number of allylic oxidation sites excluding steroid dienone is 2. The Morgan fingerprint density at radius 3 is 2.73 bits per heavy atom. The van der Waals surface area contributed by atoms with Crippen molar-refractivity contribution in [2.24, 2.45) is 4.99 Å². The van der Waals surface area contributed by atoms with Crippen LogP contribution in [0.3, 0.4) is 0 Å². The molecule has 1 amide bonds. The Balaban J connectivity index is 1.95. The number of carbonyl (C=O) groups is 1. The van der Waals surface area contributed by atoms with Gasteiger partial charge in [0.05, 0.1) is 6.10 Å². The van der Waals surface area contributed by atoms with Crippen molar-refractivity contribution in [3.05, 3.63) is 57.3 Å². The van der Waals surface area contributed by atoms with Gasteiger partial charge in [-0.1, -0.05) is 11.6 Å². The van der Waals surface area contributed by atoms with E-state index in [0.29, 0.717) is 6.54 Å². The van der Waals surface area contributed by atoms with Crippen LogP contribution >= 0.6 is 11.3 Å². The summed E-state index contributed by atoms with van der Waals surface area (Å²) in [5.74, 6) is -0.0400. The summed E-state index contributed by atoms with van der Waals surface area (Å²) in [5.41, 5.74) is 6.18. The standard InChI is InChI=1S/C24H29N3O2S/c1-15(2)22(16(3)25-4)17-7-8-21-20(12-17)24(23(29)26-21,18-9-11-30-14-18)27-10-5-6-19(28)13-27/h7-9,11-12,14,19,28H,5-6,10,13H2,1-4H3,(H,26,29). The zero-order chi connectivity index (χ0) is 21.5. The number of aliphatic hydroxyl groups is 1. The van der Waals surface area contributed by atoms with E-state index in [1.54, 1.807) is 11.3 Å². The second-order valence-corrected chi connectivity index (χ2v) is 9.14. The molecule has 2 aliphatic heterocycles. The molecule has 1 aromatic carbocycles. The minimum Gasteiger partial charge on any atom is -0.392 e. The topological polar surface area (TPSA) is 64.9 Å². The fourth-order valence-electron chi connectivity index (χ4n) is 4.93. The van der Waals surface area contributed by atoms with E-state index in [-0.39, 0.29) is 5.91 Å². The quantitative estimate of drug-likeness (QED) is 0.721. The Bertz CT molecular complexity index is 1020. The van der Waals surface area contributed by atoms with Gasteiger partial charge < -0.3 is 10.4 Å². The molecule has 4 rings (SSSR count). The second kappa shape index (κ2) is 8.10. The number of thiophene rings is 1. The van der Waals surface area contributed by atoms with Gasteiger partial charge in [0.15, 0.2) is 5.54 Å². The number of aliphatic hydroxyl groups excluding tert-OH is 1. The summed E-state index contributed by atoms with van der Waals surface area (Å²) in [6.07, 6.45) is 1.23. The molecule has 158 valence electrons. The zero-order valence-corrected chi connectivity index (χ0v) is 18.8. The van der Waals surface area contributed by atoms with Gasteiger partial charge in [0.1, 0.15) is 0 Å². The number of piperidine rings is 1. The summed E-state index contributed by atoms with van der Waals surface area (Å²) >= 11 is 1.59. The molecule has 0 aliphatic carbocycles. The number of β-amino-alcohol motifs (C(OH)–C–C–N with tert-alkyl or cyclic N) is 1. The molecule has 0 bridgehead atoms. The number of hydrogen-bond donors (Lipinski definition) is 2. The van der Waals surface area contributed by atoms with Gasteiger partial charge >= 0.3 is 0 Å². The lowest BCUT2D eigenvalue weighted by Gasteiger charge is -2.43. The molecule has 3 heterocycles. The third-order valence-electron chi connectivity index (χ3n) is 6.28. The highest BCUT2D eigenvalue weighted by molar-refractivity contribution is 7.08. The summed E-state index contributed by atoms with van der Waals surface area (Å²) in [5, 5.41) is 17.6. The number of likely N-dealkylation sites (tertiary alicyclic amines) is 1. The van der Waals surface area contributed by atoms with Gasteiger partial charge in [0, 0.05) is 42.7 Å². The molecule has 0 radical (unpaired) electrons. The molecule has 2 atom stereocenters. The van der Waals surface area contributed by atoms with Crippen molar-refractivity contribution < 1.29 is 9.90 Å². The highest BCUT2D eigenvalue weighted by atomic mass is 32.1. The van der Waals surface area contributed by atoms with Crippen LogP contribution in [0.2, 0.25) is 0 Å². The average Bonchev–Trinajstić information content (AvgIpc) is 3.33. The predicted molar refractivity (Wildman–Crippen MR) is 124 cm³/mol. The van der Waals surface area contributed by atoms with Crippen molar-refractivity contribution >= 4 is 34.2 Å². The Morgan fingerprint density at radius 2 is 2.10 bits per heavy atom. The normalized spacial score (nSPS) is 24.5. The number of carbonyl (C=O) groups excluding carboxylic acids is 1. The SMILES string of the molecule is CN=C(C)C(=C(C)C)c1ccc2c(c1)C(c1ccsc1)(N1CCCC(O)C1)C(=O)N2. The van der Waals surface area contributed by atoms with Crippen LogP contribution in [0.15, 0.2) is 45.6 Å². The van der Waals surface area contributed by atoms with Gasteiger partial charge in [-0.25, -0.2) is 0 Å². The highest BCUT2D eigenvalue weighted by Gasteiger charge is 2.53. The van der Waals surface area contributed by atoms with Crippen LogP contribution in [0.5, 0.6) is 0 Å². The monoisotopic (exact) mass is 423 g/mol. The number of rotatable bonds is 4. The van der Waals surface area contributed by atoms with Crippen LogP contribution < -0.4 is 5.32 Å². The van der Waals surface area contributed by atoms with Crippen molar-refractivity contribution in [1.29, 1.82) is 0 Å².